The van der Waals surface area contributed by atoms with Gasteiger partial charge in [-0.25, -0.2) is 0 Å². The van der Waals surface area contributed by atoms with Crippen molar-refractivity contribution in [3.05, 3.63) is 54.1 Å². The van der Waals surface area contributed by atoms with E-state index < -0.39 is 0 Å². The summed E-state index contributed by atoms with van der Waals surface area (Å²) < 4.78 is 12.4. The first kappa shape index (κ1) is 20.9. The predicted octanol–water partition coefficient (Wildman–Crippen LogP) is 3.64. The maximum atomic E-state index is 12.4. The number of methoxy groups -OCH3 is 2. The molecule has 0 aliphatic heterocycles. The number of ether oxygens (including phenoxy) is 2. The number of aromatic nitrogens is 3. The van der Waals surface area contributed by atoms with Crippen LogP contribution in [0.15, 0.2) is 53.7 Å². The number of anilines is 1. The first-order chi connectivity index (χ1) is 14.1. The third kappa shape index (κ3) is 5.58. The number of carbonyl (C=O) groups excluding carboxylic acids is 1. The highest BCUT2D eigenvalue weighted by atomic mass is 32.2. The normalized spacial score (nSPS) is 10.7. The molecule has 2 aromatic carbocycles. The van der Waals surface area contributed by atoms with Crippen molar-refractivity contribution in [3.8, 4) is 17.1 Å². The van der Waals surface area contributed by atoms with Crippen LogP contribution in [0.5, 0.6) is 5.75 Å². The number of rotatable bonds is 9. The Bertz CT molecular complexity index is 974. The summed E-state index contributed by atoms with van der Waals surface area (Å²) in [6, 6.07) is 15.4. The lowest BCUT2D eigenvalue weighted by Crippen LogP contribution is -2.15. The molecule has 0 saturated carbocycles. The zero-order valence-corrected chi connectivity index (χ0v) is 17.5. The van der Waals surface area contributed by atoms with Crippen LogP contribution in [0.25, 0.3) is 11.4 Å². The molecule has 7 nitrogen and oxygen atoms in total. The summed E-state index contributed by atoms with van der Waals surface area (Å²) in [6.45, 7) is 3.17. The molecule has 0 saturated heterocycles. The van der Waals surface area contributed by atoms with Crippen molar-refractivity contribution >= 4 is 23.4 Å². The Labute approximate surface area is 174 Å². The largest absolute Gasteiger partial charge is 0.497 e. The van der Waals surface area contributed by atoms with Gasteiger partial charge in [-0.15, -0.1) is 10.2 Å². The maximum Gasteiger partial charge on any atom is 0.234 e. The van der Waals surface area contributed by atoms with Gasteiger partial charge in [0.15, 0.2) is 11.0 Å². The molecule has 0 bridgehead atoms. The molecule has 0 aliphatic carbocycles. The maximum absolute atomic E-state index is 12.4. The Morgan fingerprint density at radius 2 is 1.97 bits per heavy atom. The summed E-state index contributed by atoms with van der Waals surface area (Å²) in [6.07, 6.45) is 0. The number of nitrogens with one attached hydrogen (secondary N) is 1. The molecule has 0 fully saturated rings. The minimum Gasteiger partial charge on any atom is -0.497 e. The monoisotopic (exact) mass is 412 g/mol. The molecule has 1 amide bonds. The van der Waals surface area contributed by atoms with Gasteiger partial charge in [0.1, 0.15) is 5.75 Å². The quantitative estimate of drug-likeness (QED) is 0.541. The molecule has 1 aromatic heterocycles. The van der Waals surface area contributed by atoms with Gasteiger partial charge in [-0.05, 0) is 25.1 Å². The second-order valence-electron chi connectivity index (χ2n) is 6.39. The average Bonchev–Trinajstić information content (AvgIpc) is 3.13. The Balaban J connectivity index is 1.72. The van der Waals surface area contributed by atoms with Crippen LogP contribution in [0.2, 0.25) is 0 Å². The highest BCUT2D eigenvalue weighted by molar-refractivity contribution is 7.99. The molecule has 1 heterocycles. The molecule has 152 valence electrons. The number of hydrogen-bond donors (Lipinski definition) is 1. The minimum absolute atomic E-state index is 0.123. The lowest BCUT2D eigenvalue weighted by molar-refractivity contribution is -0.113. The third-order valence-electron chi connectivity index (χ3n) is 4.20. The van der Waals surface area contributed by atoms with Gasteiger partial charge < -0.3 is 14.8 Å². The number of aryl methyl sites for hydroxylation is 1. The van der Waals surface area contributed by atoms with Gasteiger partial charge in [-0.2, -0.15) is 0 Å². The molecule has 0 atom stereocenters. The van der Waals surface area contributed by atoms with Gasteiger partial charge in [0, 0.05) is 24.4 Å². The lowest BCUT2D eigenvalue weighted by Gasteiger charge is -2.10. The van der Waals surface area contributed by atoms with Crippen LogP contribution < -0.4 is 10.1 Å². The first-order valence-corrected chi connectivity index (χ1v) is 10.1. The van der Waals surface area contributed by atoms with Crippen LogP contribution >= 0.6 is 11.8 Å². The highest BCUT2D eigenvalue weighted by Crippen LogP contribution is 2.25. The Kier molecular flexibility index (Phi) is 7.26. The standard InChI is InChI=1S/C21H24N4O3S/c1-15-6-4-7-16(12-15)20-23-24-21(25(20)10-11-27-2)29-14-19(26)22-17-8-5-9-18(13-17)28-3/h4-9,12-13H,10-11,14H2,1-3H3,(H,22,26). The van der Waals surface area contributed by atoms with Crippen molar-refractivity contribution < 1.29 is 14.3 Å². The first-order valence-electron chi connectivity index (χ1n) is 9.16. The van der Waals surface area contributed by atoms with Gasteiger partial charge in [0.2, 0.25) is 5.91 Å². The summed E-state index contributed by atoms with van der Waals surface area (Å²) in [5.74, 6) is 1.55. The van der Waals surface area contributed by atoms with Gasteiger partial charge in [0.25, 0.3) is 0 Å². The lowest BCUT2D eigenvalue weighted by atomic mass is 10.1. The van der Waals surface area contributed by atoms with Crippen LogP contribution in [0.1, 0.15) is 5.56 Å². The minimum atomic E-state index is -0.123. The number of hydrogen-bond acceptors (Lipinski definition) is 6. The topological polar surface area (TPSA) is 78.3 Å². The van der Waals surface area contributed by atoms with Crippen molar-refractivity contribution in [1.82, 2.24) is 14.8 Å². The summed E-state index contributed by atoms with van der Waals surface area (Å²) >= 11 is 1.34. The molecule has 3 aromatic rings. The second kappa shape index (κ2) is 10.1. The van der Waals surface area contributed by atoms with Crippen molar-refractivity contribution in [1.29, 1.82) is 0 Å². The van der Waals surface area contributed by atoms with E-state index in [-0.39, 0.29) is 11.7 Å². The molecule has 0 aliphatic rings. The van der Waals surface area contributed by atoms with Crippen molar-refractivity contribution in [3.63, 3.8) is 0 Å². The SMILES string of the molecule is COCCn1c(SCC(=O)Nc2cccc(OC)c2)nnc1-c1cccc(C)c1. The third-order valence-corrected chi connectivity index (χ3v) is 5.16. The van der Waals surface area contributed by atoms with E-state index in [9.17, 15) is 4.79 Å². The Morgan fingerprint density at radius 1 is 1.14 bits per heavy atom. The van der Waals surface area contributed by atoms with E-state index in [2.05, 4.69) is 21.6 Å². The zero-order valence-electron chi connectivity index (χ0n) is 16.7. The van der Waals surface area contributed by atoms with E-state index in [4.69, 9.17) is 9.47 Å². The zero-order chi connectivity index (χ0) is 20.6. The van der Waals surface area contributed by atoms with E-state index in [0.29, 0.717) is 29.7 Å². The molecule has 0 radical (unpaired) electrons. The molecule has 0 unspecified atom stereocenters. The second-order valence-corrected chi connectivity index (χ2v) is 7.33. The van der Waals surface area contributed by atoms with Gasteiger partial charge in [-0.1, -0.05) is 41.6 Å². The fourth-order valence-electron chi connectivity index (χ4n) is 2.81. The van der Waals surface area contributed by atoms with E-state index in [0.717, 1.165) is 17.0 Å². The smallest absolute Gasteiger partial charge is 0.234 e. The molecule has 8 heteroatoms. The van der Waals surface area contributed by atoms with Gasteiger partial charge >= 0.3 is 0 Å². The Hall–Kier alpha value is -2.84. The Morgan fingerprint density at radius 3 is 2.72 bits per heavy atom. The number of nitrogens with zero attached hydrogens (tertiary/aromatic N) is 3. The highest BCUT2D eigenvalue weighted by Gasteiger charge is 2.16. The molecular formula is C21H24N4O3S. The molecular weight excluding hydrogens is 388 g/mol. The van der Waals surface area contributed by atoms with Crippen molar-refractivity contribution in [2.45, 2.75) is 18.6 Å². The van der Waals surface area contributed by atoms with Crippen LogP contribution in [-0.4, -0.2) is 47.3 Å². The molecule has 29 heavy (non-hydrogen) atoms. The van der Waals surface area contributed by atoms with Crippen molar-refractivity contribution in [2.24, 2.45) is 0 Å². The van der Waals surface area contributed by atoms with Crippen LogP contribution in [0, 0.1) is 6.92 Å². The fraction of sp³-hybridized carbons (Fsp3) is 0.286. The van der Waals surface area contributed by atoms with Crippen LogP contribution in [0.3, 0.4) is 0 Å². The van der Waals surface area contributed by atoms with E-state index >= 15 is 0 Å². The summed E-state index contributed by atoms with van der Waals surface area (Å²) in [4.78, 5) is 12.4. The number of carbonyl (C=O) groups is 1. The predicted molar refractivity (Wildman–Crippen MR) is 114 cm³/mol. The average molecular weight is 413 g/mol. The van der Waals surface area contributed by atoms with E-state index in [1.165, 1.54) is 11.8 Å². The summed E-state index contributed by atoms with van der Waals surface area (Å²) in [5.41, 5.74) is 2.83. The van der Waals surface area contributed by atoms with Crippen molar-refractivity contribution in [2.75, 3.05) is 31.9 Å². The number of thioether (sulfide) groups is 1. The molecule has 1 N–H and O–H groups in total. The number of amides is 1. The molecule has 3 rings (SSSR count). The number of benzene rings is 2. The van der Waals surface area contributed by atoms with E-state index in [1.54, 1.807) is 20.3 Å². The fourth-order valence-corrected chi connectivity index (χ4v) is 3.57. The summed E-state index contributed by atoms with van der Waals surface area (Å²) in [7, 11) is 3.25. The van der Waals surface area contributed by atoms with Gasteiger partial charge in [-0.3, -0.25) is 9.36 Å². The van der Waals surface area contributed by atoms with E-state index in [1.807, 2.05) is 47.9 Å². The van der Waals surface area contributed by atoms with Crippen LogP contribution in [-0.2, 0) is 16.1 Å². The van der Waals surface area contributed by atoms with Gasteiger partial charge in [0.05, 0.1) is 26.0 Å². The summed E-state index contributed by atoms with van der Waals surface area (Å²) in [5, 5.41) is 12.2. The van der Waals surface area contributed by atoms with Crippen LogP contribution in [0.4, 0.5) is 5.69 Å². The molecule has 0 spiro atoms.